The van der Waals surface area contributed by atoms with E-state index in [-0.39, 0.29) is 5.91 Å². The lowest BCUT2D eigenvalue weighted by molar-refractivity contribution is 0.0940. The number of hydrogen-bond donors (Lipinski definition) is 2. The zero-order chi connectivity index (χ0) is 20.9. The maximum Gasteiger partial charge on any atom is 0.261 e. The molecule has 9 heteroatoms. The van der Waals surface area contributed by atoms with Gasteiger partial charge in [-0.25, -0.2) is 9.50 Å². The molecule has 31 heavy (non-hydrogen) atoms. The van der Waals surface area contributed by atoms with E-state index in [1.165, 1.54) is 11.3 Å². The third-order valence-electron chi connectivity index (χ3n) is 6.52. The predicted molar refractivity (Wildman–Crippen MR) is 119 cm³/mol. The van der Waals surface area contributed by atoms with E-state index in [2.05, 4.69) is 25.8 Å². The topological polar surface area (TPSA) is 89.1 Å². The molecule has 5 heterocycles. The average Bonchev–Trinajstić information content (AvgIpc) is 3.54. The van der Waals surface area contributed by atoms with Crippen molar-refractivity contribution < 1.29 is 4.79 Å². The van der Waals surface area contributed by atoms with E-state index in [1.54, 1.807) is 9.20 Å². The summed E-state index contributed by atoms with van der Waals surface area (Å²) in [6.07, 6.45) is 11.5. The minimum atomic E-state index is 0.0254. The second-order valence-electron chi connectivity index (χ2n) is 8.59. The average molecular weight is 434 g/mol. The van der Waals surface area contributed by atoms with Crippen molar-refractivity contribution in [2.24, 2.45) is 18.9 Å². The summed E-state index contributed by atoms with van der Waals surface area (Å²) >= 11 is 1.47. The van der Waals surface area contributed by atoms with E-state index in [4.69, 9.17) is 0 Å². The van der Waals surface area contributed by atoms with Gasteiger partial charge < -0.3 is 10.6 Å². The SMILES string of the molecule is Cn1cc(-c2cnc3c(-c4csc(C(=O)NC5CC6CNCC6C5)c4)cnn3c2)cn1. The number of aromatic nitrogens is 5. The zero-order valence-corrected chi connectivity index (χ0v) is 18.0. The molecule has 1 saturated carbocycles. The van der Waals surface area contributed by atoms with Gasteiger partial charge >= 0.3 is 0 Å². The van der Waals surface area contributed by atoms with Gasteiger partial charge in [-0.3, -0.25) is 9.48 Å². The Morgan fingerprint density at radius 2 is 1.90 bits per heavy atom. The van der Waals surface area contributed by atoms with Gasteiger partial charge in [-0.2, -0.15) is 10.2 Å². The molecule has 2 fully saturated rings. The summed E-state index contributed by atoms with van der Waals surface area (Å²) in [6.45, 7) is 2.18. The Morgan fingerprint density at radius 3 is 2.68 bits per heavy atom. The highest BCUT2D eigenvalue weighted by molar-refractivity contribution is 7.12. The van der Waals surface area contributed by atoms with Crippen molar-refractivity contribution >= 4 is 22.9 Å². The van der Waals surface area contributed by atoms with Gasteiger partial charge in [0.05, 0.1) is 17.3 Å². The van der Waals surface area contributed by atoms with Crippen molar-refractivity contribution in [3.8, 4) is 22.3 Å². The first kappa shape index (κ1) is 18.7. The Balaban J connectivity index is 1.21. The Labute approximate surface area is 183 Å². The van der Waals surface area contributed by atoms with E-state index >= 15 is 0 Å². The summed E-state index contributed by atoms with van der Waals surface area (Å²) < 4.78 is 3.54. The van der Waals surface area contributed by atoms with E-state index in [0.717, 1.165) is 58.7 Å². The molecule has 1 aliphatic heterocycles. The lowest BCUT2D eigenvalue weighted by atomic mass is 10.0. The first-order chi connectivity index (χ1) is 15.1. The third-order valence-corrected chi connectivity index (χ3v) is 7.45. The van der Waals surface area contributed by atoms with Crippen molar-refractivity contribution in [3.63, 3.8) is 0 Å². The van der Waals surface area contributed by atoms with Crippen LogP contribution in [0.25, 0.3) is 27.9 Å². The molecule has 0 bridgehead atoms. The van der Waals surface area contributed by atoms with Crippen LogP contribution in [0.15, 0.2) is 42.4 Å². The number of nitrogens with one attached hydrogen (secondary N) is 2. The summed E-state index contributed by atoms with van der Waals surface area (Å²) in [5, 5.41) is 17.4. The Kier molecular flexibility index (Phi) is 4.39. The van der Waals surface area contributed by atoms with Crippen LogP contribution in [0.5, 0.6) is 0 Å². The smallest absolute Gasteiger partial charge is 0.261 e. The number of fused-ring (bicyclic) bond motifs is 2. The molecular weight excluding hydrogens is 410 g/mol. The number of hydrogen-bond acceptors (Lipinski definition) is 6. The highest BCUT2D eigenvalue weighted by Crippen LogP contribution is 2.35. The van der Waals surface area contributed by atoms with Crippen LogP contribution in [0.1, 0.15) is 22.5 Å². The van der Waals surface area contributed by atoms with Crippen LogP contribution in [0, 0.1) is 11.8 Å². The van der Waals surface area contributed by atoms with E-state index in [1.807, 2.05) is 49.5 Å². The second kappa shape index (κ2) is 7.28. The predicted octanol–water partition coefficient (Wildman–Crippen LogP) is 2.59. The minimum Gasteiger partial charge on any atom is -0.349 e. The highest BCUT2D eigenvalue weighted by atomic mass is 32.1. The number of thiophene rings is 1. The van der Waals surface area contributed by atoms with Crippen LogP contribution in [-0.4, -0.2) is 49.4 Å². The van der Waals surface area contributed by atoms with Crippen molar-refractivity contribution in [2.45, 2.75) is 18.9 Å². The molecule has 1 aliphatic carbocycles. The normalized spacial score (nSPS) is 22.8. The molecule has 8 nitrogen and oxygen atoms in total. The van der Waals surface area contributed by atoms with Crippen LogP contribution < -0.4 is 10.6 Å². The van der Waals surface area contributed by atoms with Gasteiger partial charge in [0.25, 0.3) is 5.91 Å². The molecule has 0 aromatic carbocycles. The fraction of sp³-hybridized carbons (Fsp3) is 0.364. The van der Waals surface area contributed by atoms with Crippen LogP contribution in [-0.2, 0) is 7.05 Å². The van der Waals surface area contributed by atoms with Gasteiger partial charge in [0.1, 0.15) is 0 Å². The maximum atomic E-state index is 12.8. The van der Waals surface area contributed by atoms with Crippen LogP contribution >= 0.6 is 11.3 Å². The Morgan fingerprint density at radius 1 is 1.10 bits per heavy atom. The van der Waals surface area contributed by atoms with Crippen molar-refractivity contribution in [2.75, 3.05) is 13.1 Å². The number of carbonyl (C=O) groups is 1. The number of rotatable bonds is 4. The molecule has 4 aromatic rings. The standard InChI is InChI=1S/C22H23N7OS/c1-28-10-17(8-25-28)16-7-24-21-19(9-26-29(21)11-16)15-4-20(31-12-15)22(30)27-18-2-13-5-23-6-14(13)3-18/h4,7-14,18,23H,2-3,5-6H2,1H3,(H,27,30). The molecule has 4 aromatic heterocycles. The number of aryl methyl sites for hydroxylation is 1. The zero-order valence-electron chi connectivity index (χ0n) is 17.2. The van der Waals surface area contributed by atoms with Gasteiger partial charge in [-0.05, 0) is 54.8 Å². The number of carbonyl (C=O) groups excluding carboxylic acids is 1. The molecule has 0 radical (unpaired) electrons. The van der Waals surface area contributed by atoms with Crippen LogP contribution in [0.2, 0.25) is 0 Å². The van der Waals surface area contributed by atoms with E-state index < -0.39 is 0 Å². The van der Waals surface area contributed by atoms with Gasteiger partial charge in [-0.15, -0.1) is 11.3 Å². The summed E-state index contributed by atoms with van der Waals surface area (Å²) in [7, 11) is 1.89. The molecule has 2 unspecified atom stereocenters. The van der Waals surface area contributed by atoms with Crippen molar-refractivity contribution in [1.82, 2.24) is 35.0 Å². The number of amides is 1. The highest BCUT2D eigenvalue weighted by Gasteiger charge is 2.37. The fourth-order valence-electron chi connectivity index (χ4n) is 4.93. The Hall–Kier alpha value is -3.04. The van der Waals surface area contributed by atoms with Crippen LogP contribution in [0.3, 0.4) is 0 Å². The summed E-state index contributed by atoms with van der Waals surface area (Å²) in [5.41, 5.74) is 4.62. The third kappa shape index (κ3) is 3.34. The Bertz CT molecular complexity index is 1260. The largest absolute Gasteiger partial charge is 0.349 e. The molecule has 2 atom stereocenters. The first-order valence-corrected chi connectivity index (χ1v) is 11.4. The summed E-state index contributed by atoms with van der Waals surface area (Å²) in [6, 6.07) is 2.24. The molecule has 6 rings (SSSR count). The number of nitrogens with zero attached hydrogens (tertiary/aromatic N) is 5. The van der Waals surface area contributed by atoms with Crippen LogP contribution in [0.4, 0.5) is 0 Å². The fourth-order valence-corrected chi connectivity index (χ4v) is 5.74. The molecule has 1 amide bonds. The molecule has 0 spiro atoms. The molecular formula is C22H23N7OS. The molecule has 2 N–H and O–H groups in total. The molecule has 1 saturated heterocycles. The second-order valence-corrected chi connectivity index (χ2v) is 9.50. The quantitative estimate of drug-likeness (QED) is 0.516. The molecule has 158 valence electrons. The van der Waals surface area contributed by atoms with Gasteiger partial charge in [0.15, 0.2) is 5.65 Å². The van der Waals surface area contributed by atoms with Crippen molar-refractivity contribution in [3.05, 3.63) is 47.3 Å². The lowest BCUT2D eigenvalue weighted by Crippen LogP contribution is -2.33. The molecule has 2 aliphatic rings. The van der Waals surface area contributed by atoms with Gasteiger partial charge in [0.2, 0.25) is 0 Å². The monoisotopic (exact) mass is 433 g/mol. The first-order valence-electron chi connectivity index (χ1n) is 10.6. The van der Waals surface area contributed by atoms with E-state index in [9.17, 15) is 4.79 Å². The van der Waals surface area contributed by atoms with Gasteiger partial charge in [-0.1, -0.05) is 0 Å². The lowest BCUT2D eigenvalue weighted by Gasteiger charge is -2.12. The maximum absolute atomic E-state index is 12.8. The summed E-state index contributed by atoms with van der Waals surface area (Å²) in [4.78, 5) is 18.2. The van der Waals surface area contributed by atoms with Crippen molar-refractivity contribution in [1.29, 1.82) is 0 Å². The summed E-state index contributed by atoms with van der Waals surface area (Å²) in [5.74, 6) is 1.45. The minimum absolute atomic E-state index is 0.0254. The van der Waals surface area contributed by atoms with E-state index in [0.29, 0.717) is 17.9 Å². The van der Waals surface area contributed by atoms with Gasteiger partial charge in [0, 0.05) is 48.4 Å².